The second-order valence-corrected chi connectivity index (χ2v) is 9.80. The van der Waals surface area contributed by atoms with Crippen LogP contribution < -0.4 is 10.6 Å². The van der Waals surface area contributed by atoms with E-state index in [2.05, 4.69) is 10.6 Å². The molecule has 2 rings (SSSR count). The van der Waals surface area contributed by atoms with Crippen molar-refractivity contribution in [3.05, 3.63) is 10.6 Å². The molecule has 180 valence electrons. The number of hydrogen-bond donors (Lipinski definition) is 6. The van der Waals surface area contributed by atoms with Gasteiger partial charge < -0.3 is 36.0 Å². The molecule has 6 N–H and O–H groups in total. The molecule has 0 radical (unpaired) electrons. The minimum absolute atomic E-state index is 0.00776. The van der Waals surface area contributed by atoms with Gasteiger partial charge in [0, 0.05) is 42.0 Å². The fraction of sp³-hybridized carbons (Fsp3) is 0.700. The van der Waals surface area contributed by atoms with E-state index in [1.54, 1.807) is 13.8 Å². The number of carbonyl (C=O) groups is 4. The van der Waals surface area contributed by atoms with Crippen LogP contribution in [0.4, 0.5) is 0 Å². The van der Waals surface area contributed by atoms with Crippen LogP contribution in [0.5, 0.6) is 0 Å². The second kappa shape index (κ2) is 10.6. The van der Waals surface area contributed by atoms with Crippen LogP contribution in [-0.2, 0) is 19.2 Å². The maximum absolute atomic E-state index is 12.2. The number of carboxylic acids is 1. The molecular weight excluding hydrogens is 442 g/mol. The molecule has 0 bridgehead atoms. The highest BCUT2D eigenvalue weighted by Crippen LogP contribution is 2.46. The second-order valence-electron chi connectivity index (χ2n) is 8.61. The lowest BCUT2D eigenvalue weighted by molar-refractivity contribution is -0.161. The fourth-order valence-electron chi connectivity index (χ4n) is 3.65. The summed E-state index contributed by atoms with van der Waals surface area (Å²) in [6.45, 7) is 4.50. The molecule has 32 heavy (non-hydrogen) atoms. The van der Waals surface area contributed by atoms with Gasteiger partial charge in [-0.3, -0.25) is 14.4 Å². The quantitative estimate of drug-likeness (QED) is 0.147. The van der Waals surface area contributed by atoms with Crippen LogP contribution in [0.3, 0.4) is 0 Å². The van der Waals surface area contributed by atoms with Gasteiger partial charge in [0.15, 0.2) is 0 Å². The van der Waals surface area contributed by atoms with Crippen molar-refractivity contribution in [3.8, 4) is 0 Å². The predicted molar refractivity (Wildman–Crippen MR) is 115 cm³/mol. The number of fused-ring (bicyclic) bond motifs is 1. The summed E-state index contributed by atoms with van der Waals surface area (Å²) in [5, 5.41) is 43.4. The molecule has 0 unspecified atom stereocenters. The van der Waals surface area contributed by atoms with Gasteiger partial charge in [-0.15, -0.1) is 11.8 Å². The first-order valence-corrected chi connectivity index (χ1v) is 11.3. The molecule has 11 nitrogen and oxygen atoms in total. The normalized spacial score (nSPS) is 22.2. The minimum Gasteiger partial charge on any atom is -0.477 e. The number of thioether (sulfide) groups is 1. The molecule has 0 spiro atoms. The highest BCUT2D eigenvalue weighted by molar-refractivity contribution is 8.03. The Morgan fingerprint density at radius 2 is 1.88 bits per heavy atom. The fourth-order valence-corrected chi connectivity index (χ4v) is 4.71. The number of carboxylic acid groups (broad SMARTS) is 1. The van der Waals surface area contributed by atoms with Gasteiger partial charge in [-0.2, -0.15) is 0 Å². The topological polar surface area (TPSA) is 176 Å². The highest BCUT2D eigenvalue weighted by atomic mass is 32.2. The molecule has 2 aliphatic rings. The summed E-state index contributed by atoms with van der Waals surface area (Å²) in [6, 6.07) is -0.347. The maximum Gasteiger partial charge on any atom is 0.353 e. The van der Waals surface area contributed by atoms with Gasteiger partial charge in [-0.05, 0) is 6.92 Å². The van der Waals surface area contributed by atoms with Crippen molar-refractivity contribution in [3.63, 3.8) is 0 Å². The van der Waals surface area contributed by atoms with Gasteiger partial charge in [-0.25, -0.2) is 4.79 Å². The zero-order valence-electron chi connectivity index (χ0n) is 18.3. The average molecular weight is 474 g/mol. The lowest BCUT2D eigenvalue weighted by Crippen LogP contribution is -2.61. The van der Waals surface area contributed by atoms with E-state index >= 15 is 0 Å². The summed E-state index contributed by atoms with van der Waals surface area (Å²) < 4.78 is 0. The molecule has 0 aromatic heterocycles. The standard InChI is InChI=1S/C20H31N3O8S/c1-10(25)14-11-8-12(15(19(30)31)23(11)18(14)29)32-7-6-21-13(26)4-5-22-17(28)16(27)20(2,3)9-24/h10-11,14,16,24-25,27H,4-9H2,1-3H3,(H,21,26)(H,22,28)(H,30,31)/t10-,11+,14-,16-/m0/s1. The average Bonchev–Trinajstić information content (AvgIpc) is 3.04. The maximum atomic E-state index is 12.2. The van der Waals surface area contributed by atoms with Crippen LogP contribution in [0.1, 0.15) is 33.6 Å². The van der Waals surface area contributed by atoms with Crippen molar-refractivity contribution in [2.45, 2.75) is 51.9 Å². The lowest BCUT2D eigenvalue weighted by Gasteiger charge is -2.44. The minimum atomic E-state index is -1.40. The summed E-state index contributed by atoms with van der Waals surface area (Å²) in [7, 11) is 0. The van der Waals surface area contributed by atoms with Crippen LogP contribution in [0, 0.1) is 11.3 Å². The molecule has 2 heterocycles. The van der Waals surface area contributed by atoms with Gasteiger partial charge in [0.2, 0.25) is 17.7 Å². The summed E-state index contributed by atoms with van der Waals surface area (Å²) in [5.41, 5.74) is -1.05. The Morgan fingerprint density at radius 1 is 1.22 bits per heavy atom. The zero-order chi connectivity index (χ0) is 24.2. The van der Waals surface area contributed by atoms with Gasteiger partial charge in [0.05, 0.1) is 24.7 Å². The molecular formula is C20H31N3O8S. The van der Waals surface area contributed by atoms with Crippen LogP contribution in [-0.4, -0.2) is 92.7 Å². The van der Waals surface area contributed by atoms with E-state index in [-0.39, 0.29) is 49.7 Å². The number of aliphatic hydroxyl groups excluding tert-OH is 3. The number of nitrogens with one attached hydrogen (secondary N) is 2. The lowest BCUT2D eigenvalue weighted by atomic mass is 9.83. The van der Waals surface area contributed by atoms with Crippen molar-refractivity contribution < 1.29 is 39.6 Å². The molecule has 4 atom stereocenters. The van der Waals surface area contributed by atoms with Crippen LogP contribution in [0.15, 0.2) is 10.6 Å². The van der Waals surface area contributed by atoms with E-state index in [0.29, 0.717) is 17.1 Å². The Balaban J connectivity index is 1.73. The van der Waals surface area contributed by atoms with Crippen LogP contribution in [0.25, 0.3) is 0 Å². The first kappa shape index (κ1) is 26.1. The Morgan fingerprint density at radius 3 is 2.44 bits per heavy atom. The highest BCUT2D eigenvalue weighted by Gasteiger charge is 2.56. The van der Waals surface area contributed by atoms with E-state index in [0.717, 1.165) is 0 Å². The molecule has 0 saturated carbocycles. The molecule has 0 aromatic carbocycles. The van der Waals surface area contributed by atoms with Gasteiger partial charge in [0.1, 0.15) is 11.8 Å². The monoisotopic (exact) mass is 473 g/mol. The van der Waals surface area contributed by atoms with E-state index in [4.69, 9.17) is 0 Å². The Kier molecular flexibility index (Phi) is 8.68. The SMILES string of the molecule is C[C@H](O)[C@@H]1C(=O)N2C(C(=O)O)=C(SCCNC(=O)CCNC(=O)[C@H](O)C(C)(C)CO)C[C@H]12. The number of carbonyl (C=O) groups excluding carboxylic acids is 3. The van der Waals surface area contributed by atoms with E-state index < -0.39 is 35.4 Å². The van der Waals surface area contributed by atoms with Crippen LogP contribution in [0.2, 0.25) is 0 Å². The van der Waals surface area contributed by atoms with Gasteiger partial charge >= 0.3 is 5.97 Å². The van der Waals surface area contributed by atoms with Crippen molar-refractivity contribution in [2.24, 2.45) is 11.3 Å². The number of rotatable bonds is 12. The van der Waals surface area contributed by atoms with Crippen molar-refractivity contribution in [1.29, 1.82) is 0 Å². The number of β-lactam (4-membered cyclic amide) rings is 1. The molecule has 0 aromatic rings. The molecule has 0 aliphatic carbocycles. The van der Waals surface area contributed by atoms with E-state index in [1.165, 1.54) is 23.6 Å². The largest absolute Gasteiger partial charge is 0.477 e. The van der Waals surface area contributed by atoms with Crippen molar-refractivity contribution in [2.75, 3.05) is 25.4 Å². The Bertz CT molecular complexity index is 798. The van der Waals surface area contributed by atoms with Crippen molar-refractivity contribution in [1.82, 2.24) is 15.5 Å². The number of hydrogen-bond acceptors (Lipinski definition) is 8. The first-order chi connectivity index (χ1) is 14.9. The van der Waals surface area contributed by atoms with Crippen molar-refractivity contribution >= 4 is 35.5 Å². The summed E-state index contributed by atoms with van der Waals surface area (Å²) in [5.74, 6) is -2.79. The molecule has 2 aliphatic heterocycles. The molecule has 12 heteroatoms. The third-order valence-electron chi connectivity index (χ3n) is 5.64. The van der Waals surface area contributed by atoms with E-state index in [9.17, 15) is 39.6 Å². The third-order valence-corrected chi connectivity index (χ3v) is 6.76. The Labute approximate surface area is 190 Å². The summed E-state index contributed by atoms with van der Waals surface area (Å²) >= 11 is 1.25. The summed E-state index contributed by atoms with van der Waals surface area (Å²) in [6.07, 6.45) is -1.90. The van der Waals surface area contributed by atoms with Gasteiger partial charge in [0.25, 0.3) is 0 Å². The zero-order valence-corrected chi connectivity index (χ0v) is 19.1. The van der Waals surface area contributed by atoms with E-state index in [1.807, 2.05) is 0 Å². The first-order valence-electron chi connectivity index (χ1n) is 10.4. The number of aliphatic hydroxyl groups is 3. The number of amides is 3. The molecule has 1 saturated heterocycles. The van der Waals surface area contributed by atoms with Gasteiger partial charge in [-0.1, -0.05) is 13.8 Å². The Hall–Kier alpha value is -2.15. The smallest absolute Gasteiger partial charge is 0.353 e. The number of nitrogens with zero attached hydrogens (tertiary/aromatic N) is 1. The predicted octanol–water partition coefficient (Wildman–Crippen LogP) is -1.37. The summed E-state index contributed by atoms with van der Waals surface area (Å²) in [4.78, 5) is 49.3. The third kappa shape index (κ3) is 5.61. The molecule has 1 fully saturated rings. The number of aliphatic carboxylic acids is 1. The van der Waals surface area contributed by atoms with Crippen LogP contribution >= 0.6 is 11.8 Å². The molecule has 3 amide bonds.